The number of nitrogens with one attached hydrogen (secondary N) is 1. The third-order valence-corrected chi connectivity index (χ3v) is 1.92. The molecule has 2 unspecified atom stereocenters. The Kier molecular flexibility index (Phi) is 5.08. The van der Waals surface area contributed by atoms with E-state index in [-0.39, 0.29) is 5.92 Å². The lowest BCUT2D eigenvalue weighted by Gasteiger charge is -2.19. The maximum atomic E-state index is 11.1. The summed E-state index contributed by atoms with van der Waals surface area (Å²) in [5, 5.41) is 2.43. The van der Waals surface area contributed by atoms with Crippen LogP contribution >= 0.6 is 0 Å². The molecule has 0 aliphatic carbocycles. The zero-order valence-corrected chi connectivity index (χ0v) is 7.66. The molecule has 0 saturated carbocycles. The fourth-order valence-electron chi connectivity index (χ4n) is 0.901. The van der Waals surface area contributed by atoms with Gasteiger partial charge in [0.1, 0.15) is 6.04 Å². The van der Waals surface area contributed by atoms with E-state index in [1.165, 1.54) is 7.11 Å². The minimum absolute atomic E-state index is 0.0997. The van der Waals surface area contributed by atoms with Gasteiger partial charge in [-0.15, -0.1) is 0 Å². The van der Waals surface area contributed by atoms with Crippen LogP contribution < -0.4 is 5.32 Å². The molecular weight excluding hydrogens is 158 g/mol. The molecule has 4 heteroatoms. The molecule has 0 aromatic carbocycles. The van der Waals surface area contributed by atoms with Crippen LogP contribution in [0.25, 0.3) is 0 Å². The summed E-state index contributed by atoms with van der Waals surface area (Å²) in [7, 11) is 1.31. The number of amides is 1. The van der Waals surface area contributed by atoms with Crippen molar-refractivity contribution in [2.45, 2.75) is 26.3 Å². The average molecular weight is 173 g/mol. The molecule has 70 valence electrons. The summed E-state index contributed by atoms with van der Waals surface area (Å²) in [5.41, 5.74) is 0. The van der Waals surface area contributed by atoms with Gasteiger partial charge in [-0.3, -0.25) is 4.79 Å². The van der Waals surface area contributed by atoms with Crippen LogP contribution in [0.1, 0.15) is 20.3 Å². The van der Waals surface area contributed by atoms with Gasteiger partial charge in [0.25, 0.3) is 0 Å². The van der Waals surface area contributed by atoms with Crippen molar-refractivity contribution in [1.29, 1.82) is 0 Å². The summed E-state index contributed by atoms with van der Waals surface area (Å²) < 4.78 is 4.53. The van der Waals surface area contributed by atoms with Crippen molar-refractivity contribution in [3.63, 3.8) is 0 Å². The molecule has 1 amide bonds. The molecular formula is C8H15NO3. The van der Waals surface area contributed by atoms with Crippen LogP contribution in [0.15, 0.2) is 0 Å². The number of hydrogen-bond acceptors (Lipinski definition) is 3. The normalized spacial score (nSPS) is 14.6. The third kappa shape index (κ3) is 2.90. The average Bonchev–Trinajstić information content (AvgIpc) is 2.11. The molecule has 0 saturated heterocycles. The first-order chi connectivity index (χ1) is 5.67. The van der Waals surface area contributed by atoms with Gasteiger partial charge < -0.3 is 10.1 Å². The van der Waals surface area contributed by atoms with E-state index in [9.17, 15) is 9.59 Å². The molecule has 0 rings (SSSR count). The molecule has 0 aliphatic heterocycles. The van der Waals surface area contributed by atoms with E-state index in [1.54, 1.807) is 0 Å². The second-order valence-electron chi connectivity index (χ2n) is 2.67. The van der Waals surface area contributed by atoms with E-state index in [4.69, 9.17) is 0 Å². The van der Waals surface area contributed by atoms with Gasteiger partial charge in [0, 0.05) is 0 Å². The number of methoxy groups -OCH3 is 1. The van der Waals surface area contributed by atoms with E-state index in [1.807, 2.05) is 13.8 Å². The summed E-state index contributed by atoms with van der Waals surface area (Å²) in [6.07, 6.45) is 1.34. The van der Waals surface area contributed by atoms with E-state index in [0.717, 1.165) is 6.42 Å². The van der Waals surface area contributed by atoms with E-state index in [2.05, 4.69) is 10.1 Å². The molecule has 4 nitrogen and oxygen atoms in total. The van der Waals surface area contributed by atoms with E-state index < -0.39 is 12.0 Å². The lowest BCUT2D eigenvalue weighted by atomic mass is 10.00. The highest BCUT2D eigenvalue weighted by atomic mass is 16.5. The summed E-state index contributed by atoms with van der Waals surface area (Å²) in [4.78, 5) is 21.2. The largest absolute Gasteiger partial charge is 0.467 e. The van der Waals surface area contributed by atoms with Crippen LogP contribution in [-0.2, 0) is 14.3 Å². The Bertz CT molecular complexity index is 158. The smallest absolute Gasteiger partial charge is 0.328 e. The van der Waals surface area contributed by atoms with Crippen molar-refractivity contribution < 1.29 is 14.3 Å². The van der Waals surface area contributed by atoms with Gasteiger partial charge in [-0.25, -0.2) is 4.79 Å². The topological polar surface area (TPSA) is 55.4 Å². The monoisotopic (exact) mass is 173 g/mol. The highest BCUT2D eigenvalue weighted by Crippen LogP contribution is 2.08. The third-order valence-electron chi connectivity index (χ3n) is 1.92. The zero-order chi connectivity index (χ0) is 9.56. The van der Waals surface area contributed by atoms with Crippen LogP contribution in [0.5, 0.6) is 0 Å². The SMILES string of the molecule is CCC(C)C(NC=O)C(=O)OC. The first kappa shape index (κ1) is 10.9. The van der Waals surface area contributed by atoms with Crippen LogP contribution in [-0.4, -0.2) is 25.5 Å². The lowest BCUT2D eigenvalue weighted by Crippen LogP contribution is -2.41. The van der Waals surface area contributed by atoms with Crippen LogP contribution in [0, 0.1) is 5.92 Å². The quantitative estimate of drug-likeness (QED) is 0.481. The highest BCUT2D eigenvalue weighted by Gasteiger charge is 2.23. The fourth-order valence-corrected chi connectivity index (χ4v) is 0.901. The maximum absolute atomic E-state index is 11.1. The molecule has 0 aromatic heterocycles. The fraction of sp³-hybridized carbons (Fsp3) is 0.750. The Balaban J connectivity index is 4.20. The van der Waals surface area contributed by atoms with Crippen molar-refractivity contribution in [2.24, 2.45) is 5.92 Å². The first-order valence-electron chi connectivity index (χ1n) is 3.94. The van der Waals surface area contributed by atoms with Gasteiger partial charge in [0.05, 0.1) is 7.11 Å². The summed E-state index contributed by atoms with van der Waals surface area (Å²) in [5.74, 6) is -0.293. The van der Waals surface area contributed by atoms with Gasteiger partial charge in [-0.05, 0) is 5.92 Å². The molecule has 0 spiro atoms. The van der Waals surface area contributed by atoms with Crippen molar-refractivity contribution >= 4 is 12.4 Å². The summed E-state index contributed by atoms with van der Waals surface area (Å²) in [6, 6.07) is -0.516. The molecule has 0 bridgehead atoms. The second-order valence-corrected chi connectivity index (χ2v) is 2.67. The number of ether oxygens (including phenoxy) is 1. The van der Waals surface area contributed by atoms with Gasteiger partial charge >= 0.3 is 5.97 Å². The van der Waals surface area contributed by atoms with Crippen molar-refractivity contribution in [3.05, 3.63) is 0 Å². The number of esters is 1. The Labute approximate surface area is 72.3 Å². The standard InChI is InChI=1S/C8H15NO3/c1-4-6(2)7(9-5-10)8(11)12-3/h5-7H,4H2,1-3H3,(H,9,10). The zero-order valence-electron chi connectivity index (χ0n) is 7.66. The van der Waals surface area contributed by atoms with Crippen LogP contribution in [0.4, 0.5) is 0 Å². The minimum Gasteiger partial charge on any atom is -0.467 e. The maximum Gasteiger partial charge on any atom is 0.328 e. The van der Waals surface area contributed by atoms with Crippen LogP contribution in [0.3, 0.4) is 0 Å². The van der Waals surface area contributed by atoms with E-state index in [0.29, 0.717) is 6.41 Å². The summed E-state index contributed by atoms with van der Waals surface area (Å²) >= 11 is 0. The molecule has 12 heavy (non-hydrogen) atoms. The van der Waals surface area contributed by atoms with Crippen molar-refractivity contribution in [3.8, 4) is 0 Å². The lowest BCUT2D eigenvalue weighted by molar-refractivity contribution is -0.145. The van der Waals surface area contributed by atoms with Gasteiger partial charge in [0.15, 0.2) is 0 Å². The van der Waals surface area contributed by atoms with Crippen molar-refractivity contribution in [1.82, 2.24) is 5.32 Å². The first-order valence-corrected chi connectivity index (χ1v) is 3.94. The predicted octanol–water partition coefficient (Wildman–Crippen LogP) is 0.320. The van der Waals surface area contributed by atoms with Gasteiger partial charge in [-0.2, -0.15) is 0 Å². The second kappa shape index (κ2) is 5.57. The van der Waals surface area contributed by atoms with Gasteiger partial charge in [-0.1, -0.05) is 20.3 Å². The number of carbonyl (C=O) groups excluding carboxylic acids is 2. The van der Waals surface area contributed by atoms with Crippen molar-refractivity contribution in [2.75, 3.05) is 7.11 Å². The molecule has 0 aromatic rings. The minimum atomic E-state index is -0.516. The molecule has 0 aliphatic rings. The Morgan fingerprint density at radius 3 is 2.58 bits per heavy atom. The van der Waals surface area contributed by atoms with Gasteiger partial charge in [0.2, 0.25) is 6.41 Å². The number of hydrogen-bond donors (Lipinski definition) is 1. The summed E-state index contributed by atoms with van der Waals surface area (Å²) in [6.45, 7) is 3.84. The highest BCUT2D eigenvalue weighted by molar-refractivity contribution is 5.78. The molecule has 0 heterocycles. The van der Waals surface area contributed by atoms with E-state index >= 15 is 0 Å². The number of carbonyl (C=O) groups is 2. The van der Waals surface area contributed by atoms with Crippen LogP contribution in [0.2, 0.25) is 0 Å². The Hall–Kier alpha value is -1.06. The number of rotatable bonds is 5. The molecule has 0 radical (unpaired) electrons. The Morgan fingerprint density at radius 1 is 1.67 bits per heavy atom. The molecule has 1 N–H and O–H groups in total. The predicted molar refractivity (Wildman–Crippen MR) is 44.5 cm³/mol. The Morgan fingerprint density at radius 2 is 2.25 bits per heavy atom. The molecule has 2 atom stereocenters. The molecule has 0 fully saturated rings.